The Kier molecular flexibility index (Phi) is 3.07. The van der Waals surface area contributed by atoms with Crippen LogP contribution in [0.5, 0.6) is 0 Å². The first-order valence-electron chi connectivity index (χ1n) is 4.52. The molecule has 1 rings (SSSR count). The van der Waals surface area contributed by atoms with Gasteiger partial charge in [-0.2, -0.15) is 0 Å². The molecule has 0 aromatic heterocycles. The van der Waals surface area contributed by atoms with Crippen molar-refractivity contribution < 1.29 is 9.59 Å². The van der Waals surface area contributed by atoms with Crippen LogP contribution in [0.3, 0.4) is 0 Å². The number of benzene rings is 1. The van der Waals surface area contributed by atoms with Crippen molar-refractivity contribution in [2.45, 2.75) is 6.04 Å². The third-order valence-electron chi connectivity index (χ3n) is 2.29. The smallest absolute Gasteiger partial charge is 0.137 e. The van der Waals surface area contributed by atoms with Gasteiger partial charge in [-0.05, 0) is 0 Å². The fourth-order valence-electron chi connectivity index (χ4n) is 1.47. The third-order valence-corrected chi connectivity index (χ3v) is 2.29. The van der Waals surface area contributed by atoms with E-state index in [0.717, 1.165) is 4.48 Å². The highest BCUT2D eigenvalue weighted by atomic mass is 16.3. The summed E-state index contributed by atoms with van der Waals surface area (Å²) in [5.41, 5.74) is 1.19. The molecule has 13 heavy (non-hydrogen) atoms. The Bertz CT molecular complexity index is 251. The van der Waals surface area contributed by atoms with Crippen LogP contribution in [-0.2, 0) is 0 Å². The zero-order valence-electron chi connectivity index (χ0n) is 8.57. The fraction of sp³-hybridized carbons (Fsp3) is 0.455. The molecule has 0 bridgehead atoms. The Balaban J connectivity index is 2.92. The van der Waals surface area contributed by atoms with Crippen molar-refractivity contribution in [2.24, 2.45) is 0 Å². The lowest BCUT2D eigenvalue weighted by atomic mass is 10.1. The number of hydrogen-bond donors (Lipinski definition) is 1. The van der Waals surface area contributed by atoms with Gasteiger partial charge in [0.1, 0.15) is 6.04 Å². The molecule has 72 valence electrons. The van der Waals surface area contributed by atoms with Crippen LogP contribution in [0.4, 0.5) is 0 Å². The second-order valence-electron chi connectivity index (χ2n) is 4.23. The number of aliphatic hydroxyl groups is 1. The molecule has 0 fully saturated rings. The summed E-state index contributed by atoms with van der Waals surface area (Å²) < 4.78 is 0.751. The number of aliphatic hydroxyl groups excluding tert-OH is 1. The molecule has 0 saturated carbocycles. The summed E-state index contributed by atoms with van der Waals surface area (Å²) in [4.78, 5) is 0. The Hall–Kier alpha value is -0.860. The molecule has 0 heterocycles. The van der Waals surface area contributed by atoms with Crippen molar-refractivity contribution in [1.82, 2.24) is 0 Å². The Labute approximate surface area is 80.0 Å². The average molecular weight is 180 g/mol. The van der Waals surface area contributed by atoms with Gasteiger partial charge in [0.2, 0.25) is 0 Å². The molecule has 0 aliphatic rings. The monoisotopic (exact) mass is 180 g/mol. The van der Waals surface area contributed by atoms with Crippen LogP contribution >= 0.6 is 0 Å². The van der Waals surface area contributed by atoms with Crippen LogP contribution in [0.15, 0.2) is 30.3 Å². The largest absolute Gasteiger partial charge is 0.390 e. The molecule has 2 nitrogen and oxygen atoms in total. The molecule has 1 aromatic carbocycles. The van der Waals surface area contributed by atoms with Crippen molar-refractivity contribution in [3.63, 3.8) is 0 Å². The summed E-state index contributed by atoms with van der Waals surface area (Å²) >= 11 is 0. The second kappa shape index (κ2) is 3.90. The Morgan fingerprint density at radius 1 is 1.15 bits per heavy atom. The molecule has 0 amide bonds. The number of quaternary nitrogens is 1. The van der Waals surface area contributed by atoms with E-state index in [0.29, 0.717) is 0 Å². The van der Waals surface area contributed by atoms with Crippen LogP contribution in [0.25, 0.3) is 0 Å². The molecule has 0 saturated heterocycles. The molecule has 1 N–H and O–H groups in total. The van der Waals surface area contributed by atoms with E-state index in [4.69, 9.17) is 0 Å². The molecule has 1 atom stereocenters. The number of nitrogens with zero attached hydrogens (tertiary/aromatic N) is 1. The van der Waals surface area contributed by atoms with Gasteiger partial charge in [-0.15, -0.1) is 0 Å². The highest BCUT2D eigenvalue weighted by Gasteiger charge is 2.24. The van der Waals surface area contributed by atoms with E-state index in [9.17, 15) is 5.11 Å². The molecule has 2 heteroatoms. The van der Waals surface area contributed by atoms with Crippen molar-refractivity contribution in [2.75, 3.05) is 27.7 Å². The van der Waals surface area contributed by atoms with Gasteiger partial charge in [0.05, 0.1) is 27.7 Å². The van der Waals surface area contributed by atoms with Crippen LogP contribution in [0, 0.1) is 0 Å². The van der Waals surface area contributed by atoms with Gasteiger partial charge in [-0.25, -0.2) is 0 Å². The number of rotatable bonds is 3. The zero-order chi connectivity index (χ0) is 9.90. The zero-order valence-corrected chi connectivity index (χ0v) is 8.57. The van der Waals surface area contributed by atoms with Crippen molar-refractivity contribution in [3.05, 3.63) is 35.9 Å². The van der Waals surface area contributed by atoms with E-state index in [-0.39, 0.29) is 12.6 Å². The number of likely N-dealkylation sites (N-methyl/N-ethyl adjacent to an activating group) is 1. The van der Waals surface area contributed by atoms with Crippen LogP contribution < -0.4 is 0 Å². The highest BCUT2D eigenvalue weighted by Crippen LogP contribution is 2.21. The average Bonchev–Trinajstić information content (AvgIpc) is 2.05. The third kappa shape index (κ3) is 2.54. The molecule has 0 aliphatic carbocycles. The van der Waals surface area contributed by atoms with E-state index in [1.807, 2.05) is 18.2 Å². The maximum absolute atomic E-state index is 9.30. The molecule has 0 radical (unpaired) electrons. The minimum absolute atomic E-state index is 0.168. The van der Waals surface area contributed by atoms with E-state index in [1.165, 1.54) is 5.56 Å². The van der Waals surface area contributed by atoms with Crippen LogP contribution in [0.1, 0.15) is 11.6 Å². The van der Waals surface area contributed by atoms with Crippen LogP contribution in [0.2, 0.25) is 0 Å². The summed E-state index contributed by atoms with van der Waals surface area (Å²) in [5, 5.41) is 9.30. The van der Waals surface area contributed by atoms with Crippen molar-refractivity contribution in [3.8, 4) is 0 Å². The van der Waals surface area contributed by atoms with E-state index >= 15 is 0 Å². The van der Waals surface area contributed by atoms with E-state index < -0.39 is 0 Å². The van der Waals surface area contributed by atoms with Crippen molar-refractivity contribution >= 4 is 0 Å². The molecular weight excluding hydrogens is 162 g/mol. The summed E-state index contributed by atoms with van der Waals surface area (Å²) in [6, 6.07) is 10.3. The first-order chi connectivity index (χ1) is 6.05. The minimum Gasteiger partial charge on any atom is -0.390 e. The van der Waals surface area contributed by atoms with Crippen molar-refractivity contribution in [1.29, 1.82) is 0 Å². The lowest BCUT2D eigenvalue weighted by Crippen LogP contribution is -2.40. The maximum atomic E-state index is 9.30. The van der Waals surface area contributed by atoms with Gasteiger partial charge in [0.25, 0.3) is 0 Å². The van der Waals surface area contributed by atoms with E-state index in [2.05, 4.69) is 33.3 Å². The van der Waals surface area contributed by atoms with Gasteiger partial charge in [-0.3, -0.25) is 0 Å². The Morgan fingerprint density at radius 2 is 1.69 bits per heavy atom. The maximum Gasteiger partial charge on any atom is 0.137 e. The van der Waals surface area contributed by atoms with Gasteiger partial charge < -0.3 is 9.59 Å². The molecule has 1 aromatic rings. The molecule has 0 spiro atoms. The fourth-order valence-corrected chi connectivity index (χ4v) is 1.47. The first kappa shape index (κ1) is 10.2. The Morgan fingerprint density at radius 3 is 2.08 bits per heavy atom. The van der Waals surface area contributed by atoms with Gasteiger partial charge >= 0.3 is 0 Å². The quantitative estimate of drug-likeness (QED) is 0.698. The lowest BCUT2D eigenvalue weighted by molar-refractivity contribution is -0.902. The van der Waals surface area contributed by atoms with Gasteiger partial charge in [-0.1, -0.05) is 30.3 Å². The number of hydrogen-bond acceptors (Lipinski definition) is 1. The molecule has 0 aliphatic heterocycles. The lowest BCUT2D eigenvalue weighted by Gasteiger charge is -2.33. The SMILES string of the molecule is C[N+](C)(C)C(CO)c1ccccc1. The van der Waals surface area contributed by atoms with Crippen LogP contribution in [-0.4, -0.2) is 37.3 Å². The predicted octanol–water partition coefficient (Wildman–Crippen LogP) is 1.43. The summed E-state index contributed by atoms with van der Waals surface area (Å²) in [7, 11) is 6.27. The minimum atomic E-state index is 0.168. The molecular formula is C11H18NO+. The summed E-state index contributed by atoms with van der Waals surface area (Å²) in [5.74, 6) is 0. The highest BCUT2D eigenvalue weighted by molar-refractivity contribution is 5.17. The van der Waals surface area contributed by atoms with Gasteiger partial charge in [0.15, 0.2) is 0 Å². The predicted molar refractivity (Wildman–Crippen MR) is 54.3 cm³/mol. The summed E-state index contributed by atoms with van der Waals surface area (Å²) in [6.45, 7) is 0.188. The molecule has 1 unspecified atom stereocenters. The second-order valence-corrected chi connectivity index (χ2v) is 4.23. The standard InChI is InChI=1S/C11H18NO/c1-12(2,3)11(9-13)10-7-5-4-6-8-10/h4-8,11,13H,9H2,1-3H3/q+1. The van der Waals surface area contributed by atoms with E-state index in [1.54, 1.807) is 0 Å². The van der Waals surface area contributed by atoms with Gasteiger partial charge in [0, 0.05) is 5.56 Å². The summed E-state index contributed by atoms with van der Waals surface area (Å²) in [6.07, 6.45) is 0. The normalized spacial score (nSPS) is 14.2. The first-order valence-corrected chi connectivity index (χ1v) is 4.52. The topological polar surface area (TPSA) is 20.2 Å².